The molecule has 2 heterocycles. The SMILES string of the molecule is Cc1cc2c(cc1/C=N\NC(=O)c1ccncc1)C(C)CC(C)(C)N2C. The van der Waals surface area contributed by atoms with Crippen LogP contribution in [0.3, 0.4) is 0 Å². The number of aromatic nitrogens is 1. The van der Waals surface area contributed by atoms with Crippen molar-refractivity contribution in [3.63, 3.8) is 0 Å². The van der Waals surface area contributed by atoms with E-state index in [-0.39, 0.29) is 11.4 Å². The largest absolute Gasteiger partial charge is 0.369 e. The van der Waals surface area contributed by atoms with Gasteiger partial charge in [-0.05, 0) is 74.1 Å². The number of pyridine rings is 1. The van der Waals surface area contributed by atoms with Crippen molar-refractivity contribution in [1.29, 1.82) is 0 Å². The van der Waals surface area contributed by atoms with E-state index in [2.05, 4.69) is 67.3 Å². The molecule has 1 unspecified atom stereocenters. The van der Waals surface area contributed by atoms with Gasteiger partial charge in [-0.3, -0.25) is 9.78 Å². The number of hydrogen-bond donors (Lipinski definition) is 1. The molecule has 0 bridgehead atoms. The van der Waals surface area contributed by atoms with Crippen molar-refractivity contribution >= 4 is 17.8 Å². The van der Waals surface area contributed by atoms with Crippen LogP contribution in [0.4, 0.5) is 5.69 Å². The lowest BCUT2D eigenvalue weighted by Gasteiger charge is -2.45. The van der Waals surface area contributed by atoms with Crippen LogP contribution in [0.2, 0.25) is 0 Å². The van der Waals surface area contributed by atoms with Crippen molar-refractivity contribution in [2.45, 2.75) is 45.6 Å². The first kappa shape index (κ1) is 18.1. The number of carbonyl (C=O) groups is 1. The summed E-state index contributed by atoms with van der Waals surface area (Å²) in [6, 6.07) is 7.74. The van der Waals surface area contributed by atoms with E-state index in [1.807, 2.05) is 0 Å². The van der Waals surface area contributed by atoms with E-state index in [0.717, 1.165) is 17.5 Å². The van der Waals surface area contributed by atoms with Gasteiger partial charge in [-0.2, -0.15) is 5.10 Å². The normalized spacial score (nSPS) is 18.7. The van der Waals surface area contributed by atoms with Crippen LogP contribution >= 0.6 is 0 Å². The van der Waals surface area contributed by atoms with E-state index in [1.165, 1.54) is 11.3 Å². The predicted molar refractivity (Wildman–Crippen MR) is 106 cm³/mol. The summed E-state index contributed by atoms with van der Waals surface area (Å²) >= 11 is 0. The zero-order chi connectivity index (χ0) is 18.9. The van der Waals surface area contributed by atoms with Crippen LogP contribution in [0, 0.1) is 6.92 Å². The van der Waals surface area contributed by atoms with Gasteiger partial charge in [0, 0.05) is 36.2 Å². The van der Waals surface area contributed by atoms with Gasteiger partial charge in [0.15, 0.2) is 0 Å². The maximum Gasteiger partial charge on any atom is 0.271 e. The lowest BCUT2D eigenvalue weighted by molar-refractivity contribution is 0.0955. The summed E-state index contributed by atoms with van der Waals surface area (Å²) in [5.74, 6) is 0.240. The number of hydrazone groups is 1. The first-order valence-electron chi connectivity index (χ1n) is 8.91. The molecule has 1 aliphatic heterocycles. The summed E-state index contributed by atoms with van der Waals surface area (Å²) in [6.07, 6.45) is 6.01. The summed E-state index contributed by atoms with van der Waals surface area (Å²) in [6.45, 7) is 8.92. The molecule has 1 atom stereocenters. The molecule has 1 amide bonds. The minimum absolute atomic E-state index is 0.146. The molecule has 0 saturated carbocycles. The highest BCUT2D eigenvalue weighted by molar-refractivity contribution is 5.94. The Morgan fingerprint density at radius 1 is 1.35 bits per heavy atom. The molecule has 0 spiro atoms. The quantitative estimate of drug-likeness (QED) is 0.675. The van der Waals surface area contributed by atoms with Crippen molar-refractivity contribution < 1.29 is 4.79 Å². The van der Waals surface area contributed by atoms with Crippen molar-refractivity contribution in [3.8, 4) is 0 Å². The second-order valence-corrected chi connectivity index (χ2v) is 7.68. The molecule has 136 valence electrons. The van der Waals surface area contributed by atoms with Crippen LogP contribution in [0.1, 0.15) is 60.2 Å². The molecule has 0 radical (unpaired) electrons. The van der Waals surface area contributed by atoms with Crippen LogP contribution in [0.25, 0.3) is 0 Å². The number of anilines is 1. The number of benzene rings is 1. The van der Waals surface area contributed by atoms with Gasteiger partial charge < -0.3 is 4.90 Å². The Morgan fingerprint density at radius 3 is 2.73 bits per heavy atom. The van der Waals surface area contributed by atoms with E-state index >= 15 is 0 Å². The molecular weight excluding hydrogens is 324 g/mol. The van der Waals surface area contributed by atoms with Crippen LogP contribution < -0.4 is 10.3 Å². The lowest BCUT2D eigenvalue weighted by atomic mass is 9.79. The first-order chi connectivity index (χ1) is 12.3. The van der Waals surface area contributed by atoms with Crippen LogP contribution in [-0.4, -0.2) is 29.7 Å². The van der Waals surface area contributed by atoms with Gasteiger partial charge in [0.2, 0.25) is 0 Å². The minimum Gasteiger partial charge on any atom is -0.369 e. The van der Waals surface area contributed by atoms with E-state index in [1.54, 1.807) is 30.7 Å². The Hall–Kier alpha value is -2.69. The highest BCUT2D eigenvalue weighted by Gasteiger charge is 2.34. The molecule has 5 heteroatoms. The fourth-order valence-corrected chi connectivity index (χ4v) is 3.60. The molecule has 26 heavy (non-hydrogen) atoms. The molecule has 2 aromatic rings. The van der Waals surface area contributed by atoms with Crippen molar-refractivity contribution in [3.05, 3.63) is 58.9 Å². The molecule has 1 aromatic heterocycles. The third-order valence-corrected chi connectivity index (χ3v) is 5.33. The van der Waals surface area contributed by atoms with Crippen molar-refractivity contribution in [2.75, 3.05) is 11.9 Å². The maximum absolute atomic E-state index is 12.1. The molecule has 0 aliphatic carbocycles. The fourth-order valence-electron chi connectivity index (χ4n) is 3.60. The molecule has 0 saturated heterocycles. The Labute approximate surface area is 155 Å². The smallest absolute Gasteiger partial charge is 0.271 e. The zero-order valence-electron chi connectivity index (χ0n) is 16.1. The highest BCUT2D eigenvalue weighted by atomic mass is 16.2. The summed E-state index contributed by atoms with van der Waals surface area (Å²) in [5.41, 5.74) is 8.05. The fraction of sp³-hybridized carbons (Fsp3) is 0.381. The average molecular weight is 350 g/mol. The molecule has 1 aliphatic rings. The van der Waals surface area contributed by atoms with Gasteiger partial charge in [-0.15, -0.1) is 0 Å². The summed E-state index contributed by atoms with van der Waals surface area (Å²) in [4.78, 5) is 18.3. The molecule has 5 nitrogen and oxygen atoms in total. The van der Waals surface area contributed by atoms with Gasteiger partial charge >= 0.3 is 0 Å². The average Bonchev–Trinajstić information content (AvgIpc) is 2.61. The predicted octanol–water partition coefficient (Wildman–Crippen LogP) is 3.88. The number of nitrogens with one attached hydrogen (secondary N) is 1. The van der Waals surface area contributed by atoms with E-state index in [9.17, 15) is 4.79 Å². The second-order valence-electron chi connectivity index (χ2n) is 7.68. The number of aryl methyl sites for hydroxylation is 1. The Kier molecular flexibility index (Phi) is 4.81. The van der Waals surface area contributed by atoms with E-state index in [4.69, 9.17) is 0 Å². The molecule has 1 N–H and O–H groups in total. The molecule has 3 rings (SSSR count). The van der Waals surface area contributed by atoms with Crippen molar-refractivity contribution in [1.82, 2.24) is 10.4 Å². The number of carbonyl (C=O) groups excluding carboxylic acids is 1. The summed E-state index contributed by atoms with van der Waals surface area (Å²) < 4.78 is 0. The van der Waals surface area contributed by atoms with Crippen LogP contribution in [-0.2, 0) is 0 Å². The van der Waals surface area contributed by atoms with Gasteiger partial charge in [-0.1, -0.05) is 6.92 Å². The first-order valence-corrected chi connectivity index (χ1v) is 8.91. The topological polar surface area (TPSA) is 57.6 Å². The van der Waals surface area contributed by atoms with Gasteiger partial charge in [-0.25, -0.2) is 5.43 Å². The number of hydrogen-bond acceptors (Lipinski definition) is 4. The highest BCUT2D eigenvalue weighted by Crippen LogP contribution is 2.43. The van der Waals surface area contributed by atoms with E-state index in [0.29, 0.717) is 11.5 Å². The van der Waals surface area contributed by atoms with Crippen LogP contribution in [0.15, 0.2) is 41.8 Å². The zero-order valence-corrected chi connectivity index (χ0v) is 16.1. The van der Waals surface area contributed by atoms with Gasteiger partial charge in [0.1, 0.15) is 0 Å². The Morgan fingerprint density at radius 2 is 2.04 bits per heavy atom. The second kappa shape index (κ2) is 6.90. The lowest BCUT2D eigenvalue weighted by Crippen LogP contribution is -2.45. The number of nitrogens with zero attached hydrogens (tertiary/aromatic N) is 3. The Bertz CT molecular complexity index is 843. The van der Waals surface area contributed by atoms with Crippen molar-refractivity contribution in [2.24, 2.45) is 5.10 Å². The van der Waals surface area contributed by atoms with Gasteiger partial charge in [0.25, 0.3) is 5.91 Å². The number of amides is 1. The van der Waals surface area contributed by atoms with Gasteiger partial charge in [0.05, 0.1) is 6.21 Å². The maximum atomic E-state index is 12.1. The minimum atomic E-state index is -0.242. The van der Waals surface area contributed by atoms with Crippen LogP contribution in [0.5, 0.6) is 0 Å². The number of rotatable bonds is 3. The molecule has 0 fully saturated rings. The monoisotopic (exact) mass is 350 g/mol. The summed E-state index contributed by atoms with van der Waals surface area (Å²) in [7, 11) is 2.16. The summed E-state index contributed by atoms with van der Waals surface area (Å²) in [5, 5.41) is 4.14. The standard InChI is InChI=1S/C21H26N4O/c1-14-10-19-18(15(2)12-21(3,4)25(19)5)11-17(14)13-23-24-20(26)16-6-8-22-9-7-16/h6-11,13,15H,12H2,1-5H3,(H,24,26)/b23-13-. The van der Waals surface area contributed by atoms with E-state index < -0.39 is 0 Å². The molecular formula is C21H26N4O. The molecule has 1 aromatic carbocycles. The third kappa shape index (κ3) is 3.47. The Balaban J connectivity index is 1.82. The third-order valence-electron chi connectivity index (χ3n) is 5.33. The number of fused-ring (bicyclic) bond motifs is 1.